The van der Waals surface area contributed by atoms with Gasteiger partial charge in [0.15, 0.2) is 19.7 Å². The number of hydrogen-bond donors (Lipinski definition) is 0. The predicted molar refractivity (Wildman–Crippen MR) is 101 cm³/mol. The summed E-state index contributed by atoms with van der Waals surface area (Å²) in [5.41, 5.74) is 0.968. The van der Waals surface area contributed by atoms with Gasteiger partial charge < -0.3 is 4.74 Å². The van der Waals surface area contributed by atoms with Crippen molar-refractivity contribution in [3.05, 3.63) is 29.8 Å². The third-order valence-corrected chi connectivity index (χ3v) is 9.37. The van der Waals surface area contributed by atoms with Gasteiger partial charge in [0.05, 0.1) is 34.9 Å². The van der Waals surface area contributed by atoms with Crippen molar-refractivity contribution in [3.8, 4) is 0 Å². The Bertz CT molecular complexity index is 848. The Balaban J connectivity index is 1.93. The Morgan fingerprint density at radius 1 is 1.04 bits per heavy atom. The van der Waals surface area contributed by atoms with Crippen LogP contribution in [0.4, 0.5) is 0 Å². The second-order valence-electron chi connectivity index (χ2n) is 8.15. The van der Waals surface area contributed by atoms with Crippen LogP contribution in [0.3, 0.4) is 0 Å². The van der Waals surface area contributed by atoms with Crippen LogP contribution in [-0.2, 0) is 29.8 Å². The molecule has 6 nitrogen and oxygen atoms in total. The molecule has 0 N–H and O–H groups in total. The Kier molecular flexibility index (Phi) is 5.24. The summed E-state index contributed by atoms with van der Waals surface area (Å²) < 4.78 is 56.2. The van der Waals surface area contributed by atoms with Gasteiger partial charge in [-0.1, -0.05) is 32.9 Å². The SMILES string of the molecule is CC(C)(C)c1ccc(S(=O)(=O)[C@@H]2CS(=O)(=O)C[C@H]2N2CCOCC2)cc1. The molecule has 26 heavy (non-hydrogen) atoms. The third-order valence-electron chi connectivity index (χ3n) is 5.23. The second-order valence-corrected chi connectivity index (χ2v) is 12.5. The molecule has 0 radical (unpaired) electrons. The summed E-state index contributed by atoms with van der Waals surface area (Å²) in [5, 5.41) is -0.925. The van der Waals surface area contributed by atoms with E-state index in [1.54, 1.807) is 12.1 Å². The lowest BCUT2D eigenvalue weighted by Crippen LogP contribution is -2.50. The summed E-state index contributed by atoms with van der Waals surface area (Å²) in [7, 11) is -7.11. The van der Waals surface area contributed by atoms with E-state index < -0.39 is 31.0 Å². The Labute approximate surface area is 156 Å². The molecule has 0 unspecified atom stereocenters. The zero-order valence-electron chi connectivity index (χ0n) is 15.5. The molecule has 0 bridgehead atoms. The molecule has 1 aromatic carbocycles. The number of rotatable bonds is 3. The molecular weight excluding hydrogens is 374 g/mol. The Morgan fingerprint density at radius 3 is 2.15 bits per heavy atom. The van der Waals surface area contributed by atoms with Gasteiger partial charge in [-0.25, -0.2) is 16.8 Å². The van der Waals surface area contributed by atoms with Gasteiger partial charge in [0.25, 0.3) is 0 Å². The molecule has 2 aliphatic heterocycles. The van der Waals surface area contributed by atoms with E-state index >= 15 is 0 Å². The minimum atomic E-state index is -3.73. The molecule has 0 aliphatic carbocycles. The zero-order valence-corrected chi connectivity index (χ0v) is 17.1. The average Bonchev–Trinajstić information content (AvgIpc) is 2.91. The lowest BCUT2D eigenvalue weighted by molar-refractivity contribution is 0.0222. The van der Waals surface area contributed by atoms with Crippen molar-refractivity contribution in [3.63, 3.8) is 0 Å². The molecule has 2 atom stereocenters. The predicted octanol–water partition coefficient (Wildman–Crippen LogP) is 1.26. The van der Waals surface area contributed by atoms with Gasteiger partial charge in [-0.15, -0.1) is 0 Å². The lowest BCUT2D eigenvalue weighted by atomic mass is 9.87. The molecular formula is C18H27NO5S2. The standard InChI is InChI=1S/C18H27NO5S2/c1-18(2,3)14-4-6-15(7-5-14)26(22,23)17-13-25(20,21)12-16(17)19-8-10-24-11-9-19/h4-7,16-17H,8-13H2,1-3H3/t16-,17-/m1/s1. The minimum absolute atomic E-state index is 0.0741. The molecule has 0 spiro atoms. The molecule has 0 saturated carbocycles. The number of sulfone groups is 2. The van der Waals surface area contributed by atoms with Gasteiger partial charge in [-0.3, -0.25) is 4.90 Å². The van der Waals surface area contributed by atoms with Crippen LogP contribution in [0, 0.1) is 0 Å². The molecule has 2 fully saturated rings. The fraction of sp³-hybridized carbons (Fsp3) is 0.667. The van der Waals surface area contributed by atoms with E-state index in [0.29, 0.717) is 26.3 Å². The first-order valence-electron chi connectivity index (χ1n) is 8.87. The highest BCUT2D eigenvalue weighted by molar-refractivity contribution is 7.96. The molecule has 0 amide bonds. The Morgan fingerprint density at radius 2 is 1.62 bits per heavy atom. The average molecular weight is 402 g/mol. The fourth-order valence-electron chi connectivity index (χ4n) is 3.66. The molecule has 146 valence electrons. The maximum Gasteiger partial charge on any atom is 0.183 e. The number of morpholine rings is 1. The first kappa shape index (κ1) is 19.8. The highest BCUT2D eigenvalue weighted by Gasteiger charge is 2.48. The number of benzene rings is 1. The van der Waals surface area contributed by atoms with E-state index in [1.807, 2.05) is 17.0 Å². The van der Waals surface area contributed by atoms with Crippen LogP contribution < -0.4 is 0 Å². The smallest absolute Gasteiger partial charge is 0.183 e. The van der Waals surface area contributed by atoms with E-state index in [-0.39, 0.29) is 21.8 Å². The van der Waals surface area contributed by atoms with Gasteiger partial charge >= 0.3 is 0 Å². The van der Waals surface area contributed by atoms with Gasteiger partial charge in [0.2, 0.25) is 0 Å². The molecule has 0 aromatic heterocycles. The molecule has 2 heterocycles. The number of ether oxygens (including phenoxy) is 1. The minimum Gasteiger partial charge on any atom is -0.379 e. The van der Waals surface area contributed by atoms with Crippen molar-refractivity contribution in [2.45, 2.75) is 42.4 Å². The lowest BCUT2D eigenvalue weighted by Gasteiger charge is -2.34. The van der Waals surface area contributed by atoms with E-state index in [4.69, 9.17) is 4.74 Å². The monoisotopic (exact) mass is 401 g/mol. The van der Waals surface area contributed by atoms with Crippen LogP contribution >= 0.6 is 0 Å². The van der Waals surface area contributed by atoms with E-state index in [1.165, 1.54) is 0 Å². The maximum absolute atomic E-state index is 13.2. The van der Waals surface area contributed by atoms with Crippen molar-refractivity contribution < 1.29 is 21.6 Å². The summed E-state index contributed by atoms with van der Waals surface area (Å²) in [5.74, 6) is -0.407. The van der Waals surface area contributed by atoms with Crippen LogP contribution in [0.2, 0.25) is 0 Å². The Hall–Kier alpha value is -0.960. The first-order chi connectivity index (χ1) is 12.0. The van der Waals surface area contributed by atoms with Gasteiger partial charge in [0.1, 0.15) is 0 Å². The maximum atomic E-state index is 13.2. The van der Waals surface area contributed by atoms with E-state index in [0.717, 1.165) is 5.56 Å². The van der Waals surface area contributed by atoms with Gasteiger partial charge in [-0.05, 0) is 23.1 Å². The summed E-state index contributed by atoms with van der Waals surface area (Å²) in [6.45, 7) is 8.33. The van der Waals surface area contributed by atoms with Crippen molar-refractivity contribution in [2.24, 2.45) is 0 Å². The van der Waals surface area contributed by atoms with Gasteiger partial charge in [0, 0.05) is 19.1 Å². The molecule has 8 heteroatoms. The van der Waals surface area contributed by atoms with Crippen LogP contribution in [0.15, 0.2) is 29.2 Å². The summed E-state index contributed by atoms with van der Waals surface area (Å²) in [6, 6.07) is 6.35. The van der Waals surface area contributed by atoms with E-state index in [2.05, 4.69) is 20.8 Å². The third kappa shape index (κ3) is 3.98. The molecule has 2 aliphatic rings. The number of hydrogen-bond acceptors (Lipinski definition) is 6. The highest BCUT2D eigenvalue weighted by Crippen LogP contribution is 2.31. The largest absolute Gasteiger partial charge is 0.379 e. The van der Waals surface area contributed by atoms with Crippen LogP contribution in [0.25, 0.3) is 0 Å². The van der Waals surface area contributed by atoms with Gasteiger partial charge in [-0.2, -0.15) is 0 Å². The summed E-state index contributed by atoms with van der Waals surface area (Å²) in [4.78, 5) is 2.16. The zero-order chi connectivity index (χ0) is 19.2. The van der Waals surface area contributed by atoms with Crippen molar-refractivity contribution in [1.82, 2.24) is 4.90 Å². The van der Waals surface area contributed by atoms with Crippen molar-refractivity contribution >= 4 is 19.7 Å². The molecule has 1 aromatic rings. The quantitative estimate of drug-likeness (QED) is 0.758. The molecule has 2 saturated heterocycles. The summed E-state index contributed by atoms with van der Waals surface area (Å²) in [6.07, 6.45) is 0. The fourth-order valence-corrected chi connectivity index (χ4v) is 8.49. The van der Waals surface area contributed by atoms with E-state index in [9.17, 15) is 16.8 Å². The normalized spacial score (nSPS) is 27.5. The molecule has 3 rings (SSSR count). The van der Waals surface area contributed by atoms with Crippen molar-refractivity contribution in [2.75, 3.05) is 37.8 Å². The van der Waals surface area contributed by atoms with Crippen LogP contribution in [0.5, 0.6) is 0 Å². The van der Waals surface area contributed by atoms with Crippen molar-refractivity contribution in [1.29, 1.82) is 0 Å². The first-order valence-corrected chi connectivity index (χ1v) is 12.2. The summed E-state index contributed by atoms with van der Waals surface area (Å²) >= 11 is 0. The van der Waals surface area contributed by atoms with Crippen LogP contribution in [-0.4, -0.2) is 70.8 Å². The highest BCUT2D eigenvalue weighted by atomic mass is 32.2. The topological polar surface area (TPSA) is 80.8 Å². The second kappa shape index (κ2) is 6.89. The number of nitrogens with zero attached hydrogens (tertiary/aromatic N) is 1. The van der Waals surface area contributed by atoms with Crippen LogP contribution in [0.1, 0.15) is 26.3 Å².